The van der Waals surface area contributed by atoms with Crippen molar-refractivity contribution in [1.29, 1.82) is 0 Å². The molecule has 0 fully saturated rings. The number of anilines is 1. The number of carbonyl (C=O) groups excluding carboxylic acids is 1. The highest BCUT2D eigenvalue weighted by atomic mass is 35.5. The number of amides is 1. The van der Waals surface area contributed by atoms with E-state index in [0.29, 0.717) is 22.0 Å². The Morgan fingerprint density at radius 2 is 2.03 bits per heavy atom. The molecule has 0 unspecified atom stereocenters. The van der Waals surface area contributed by atoms with E-state index in [4.69, 9.17) is 16.0 Å². The molecule has 3 heterocycles. The summed E-state index contributed by atoms with van der Waals surface area (Å²) in [5.41, 5.74) is 0.210. The lowest BCUT2D eigenvalue weighted by molar-refractivity contribution is -0.137. The van der Waals surface area contributed by atoms with Crippen molar-refractivity contribution in [1.82, 2.24) is 14.5 Å². The van der Waals surface area contributed by atoms with E-state index in [1.165, 1.54) is 18.5 Å². The molecule has 0 atom stereocenters. The number of hydrogen-bond acceptors (Lipinski definition) is 4. The zero-order valence-corrected chi connectivity index (χ0v) is 16.0. The van der Waals surface area contributed by atoms with E-state index in [9.17, 15) is 18.0 Å². The number of aromatic nitrogens is 3. The van der Waals surface area contributed by atoms with E-state index in [1.807, 2.05) is 0 Å². The van der Waals surface area contributed by atoms with Crippen molar-refractivity contribution in [2.45, 2.75) is 19.1 Å². The standard InChI is InChI=1S/C20H14ClF3N4O2/c21-13-4-5-14(25-10-13)9-18(29)27-19-26-16-8-12(20(22,23)24)3-6-17(16)28(19)11-15-2-1-7-30-15/h1-8,10H,9,11H2,(H,26,27,29). The molecule has 4 aromatic rings. The van der Waals surface area contributed by atoms with Crippen LogP contribution in [0.3, 0.4) is 0 Å². The maximum atomic E-state index is 13.1. The smallest absolute Gasteiger partial charge is 0.416 e. The summed E-state index contributed by atoms with van der Waals surface area (Å²) < 4.78 is 46.1. The van der Waals surface area contributed by atoms with Crippen molar-refractivity contribution >= 4 is 34.5 Å². The average Bonchev–Trinajstić information content (AvgIpc) is 3.31. The Morgan fingerprint density at radius 1 is 1.20 bits per heavy atom. The van der Waals surface area contributed by atoms with Crippen LogP contribution in [0.25, 0.3) is 11.0 Å². The van der Waals surface area contributed by atoms with Gasteiger partial charge in [-0.2, -0.15) is 13.2 Å². The third-order valence-electron chi connectivity index (χ3n) is 4.35. The van der Waals surface area contributed by atoms with Crippen molar-refractivity contribution in [2.24, 2.45) is 0 Å². The zero-order valence-electron chi connectivity index (χ0n) is 15.3. The van der Waals surface area contributed by atoms with Gasteiger partial charge in [-0.25, -0.2) is 4.98 Å². The third kappa shape index (κ3) is 4.30. The van der Waals surface area contributed by atoms with Crippen LogP contribution in [-0.4, -0.2) is 20.4 Å². The summed E-state index contributed by atoms with van der Waals surface area (Å²) in [4.78, 5) is 20.8. The largest absolute Gasteiger partial charge is 0.467 e. The second-order valence-electron chi connectivity index (χ2n) is 6.49. The number of furan rings is 1. The minimum Gasteiger partial charge on any atom is -0.467 e. The first-order valence-corrected chi connectivity index (χ1v) is 9.17. The van der Waals surface area contributed by atoms with Crippen molar-refractivity contribution in [2.75, 3.05) is 5.32 Å². The molecule has 1 aromatic carbocycles. The molecule has 6 nitrogen and oxygen atoms in total. The van der Waals surface area contributed by atoms with Gasteiger partial charge >= 0.3 is 6.18 Å². The number of pyridine rings is 1. The summed E-state index contributed by atoms with van der Waals surface area (Å²) in [6.07, 6.45) is -1.63. The molecule has 1 amide bonds. The van der Waals surface area contributed by atoms with Crippen LogP contribution in [0.5, 0.6) is 0 Å². The Kier molecular flexibility index (Phi) is 5.21. The number of halogens is 4. The SMILES string of the molecule is O=C(Cc1ccc(Cl)cn1)Nc1nc2cc(C(F)(F)F)ccc2n1Cc1ccco1. The Bertz CT molecular complexity index is 1190. The number of rotatable bonds is 5. The van der Waals surface area contributed by atoms with Crippen molar-refractivity contribution < 1.29 is 22.4 Å². The molecule has 0 bridgehead atoms. The minimum atomic E-state index is -4.50. The molecule has 0 aliphatic heterocycles. The van der Waals surface area contributed by atoms with Gasteiger partial charge < -0.3 is 8.98 Å². The molecule has 0 saturated carbocycles. The summed E-state index contributed by atoms with van der Waals surface area (Å²) in [6, 6.07) is 9.89. The van der Waals surface area contributed by atoms with Gasteiger partial charge in [0.05, 0.1) is 40.8 Å². The van der Waals surface area contributed by atoms with E-state index >= 15 is 0 Å². The summed E-state index contributed by atoms with van der Waals surface area (Å²) >= 11 is 5.79. The topological polar surface area (TPSA) is 73.0 Å². The van der Waals surface area contributed by atoms with Crippen LogP contribution in [-0.2, 0) is 23.9 Å². The third-order valence-corrected chi connectivity index (χ3v) is 4.57. The Balaban J connectivity index is 1.67. The maximum Gasteiger partial charge on any atom is 0.416 e. The average molecular weight is 435 g/mol. The molecule has 4 rings (SSSR count). The molecule has 0 saturated heterocycles. The van der Waals surface area contributed by atoms with Gasteiger partial charge in [0.1, 0.15) is 5.76 Å². The van der Waals surface area contributed by atoms with E-state index in [2.05, 4.69) is 15.3 Å². The van der Waals surface area contributed by atoms with Crippen molar-refractivity contribution in [3.8, 4) is 0 Å². The molecule has 154 valence electrons. The van der Waals surface area contributed by atoms with Gasteiger partial charge in [-0.1, -0.05) is 11.6 Å². The van der Waals surface area contributed by atoms with Gasteiger partial charge in [-0.15, -0.1) is 0 Å². The monoisotopic (exact) mass is 434 g/mol. The lowest BCUT2D eigenvalue weighted by atomic mass is 10.2. The van der Waals surface area contributed by atoms with Crippen molar-refractivity contribution in [3.63, 3.8) is 0 Å². The van der Waals surface area contributed by atoms with Crippen LogP contribution < -0.4 is 5.32 Å². The van der Waals surface area contributed by atoms with Crippen LogP contribution in [0.4, 0.5) is 19.1 Å². The number of alkyl halides is 3. The first kappa shape index (κ1) is 20.0. The van der Waals surface area contributed by atoms with Crippen LogP contribution in [0.15, 0.2) is 59.3 Å². The highest BCUT2D eigenvalue weighted by Crippen LogP contribution is 2.32. The molecule has 0 radical (unpaired) electrons. The fourth-order valence-electron chi connectivity index (χ4n) is 2.96. The fraction of sp³-hybridized carbons (Fsp3) is 0.150. The normalized spacial score (nSPS) is 11.7. The lowest BCUT2D eigenvalue weighted by Crippen LogP contribution is -2.18. The van der Waals surface area contributed by atoms with Gasteiger partial charge in [-0.05, 0) is 42.5 Å². The second-order valence-corrected chi connectivity index (χ2v) is 6.93. The van der Waals surface area contributed by atoms with Crippen LogP contribution in [0.2, 0.25) is 5.02 Å². The number of fused-ring (bicyclic) bond motifs is 1. The summed E-state index contributed by atoms with van der Waals surface area (Å²) in [5.74, 6) is 0.251. The number of benzene rings is 1. The number of carbonyl (C=O) groups is 1. The zero-order chi connectivity index (χ0) is 21.3. The first-order valence-electron chi connectivity index (χ1n) is 8.80. The molecule has 0 spiro atoms. The van der Waals surface area contributed by atoms with Crippen LogP contribution in [0.1, 0.15) is 17.0 Å². The highest BCUT2D eigenvalue weighted by molar-refractivity contribution is 6.30. The predicted octanol–water partition coefficient (Wildman–Crippen LogP) is 4.93. The van der Waals surface area contributed by atoms with Gasteiger partial charge in [0.15, 0.2) is 0 Å². The molecular formula is C20H14ClF3N4O2. The van der Waals surface area contributed by atoms with E-state index in [0.717, 1.165) is 12.1 Å². The molecule has 1 N–H and O–H groups in total. The maximum absolute atomic E-state index is 13.1. The van der Waals surface area contributed by atoms with E-state index in [-0.39, 0.29) is 24.4 Å². The molecule has 30 heavy (non-hydrogen) atoms. The van der Waals surface area contributed by atoms with Gasteiger partial charge in [0, 0.05) is 11.9 Å². The molecule has 0 aliphatic rings. The van der Waals surface area contributed by atoms with Crippen molar-refractivity contribution in [3.05, 3.63) is 77.0 Å². The van der Waals surface area contributed by atoms with Gasteiger partial charge in [0.2, 0.25) is 11.9 Å². The number of nitrogens with zero attached hydrogens (tertiary/aromatic N) is 3. The van der Waals surface area contributed by atoms with E-state index < -0.39 is 17.6 Å². The molecule has 3 aromatic heterocycles. The predicted molar refractivity (Wildman–Crippen MR) is 104 cm³/mol. The molecule has 0 aliphatic carbocycles. The second kappa shape index (κ2) is 7.83. The summed E-state index contributed by atoms with van der Waals surface area (Å²) in [7, 11) is 0. The van der Waals surface area contributed by atoms with Crippen LogP contribution in [0, 0.1) is 0 Å². The summed E-state index contributed by atoms with van der Waals surface area (Å²) in [5, 5.41) is 3.10. The van der Waals surface area contributed by atoms with Gasteiger partial charge in [-0.3, -0.25) is 15.1 Å². The first-order chi connectivity index (χ1) is 14.3. The Morgan fingerprint density at radius 3 is 2.70 bits per heavy atom. The van der Waals surface area contributed by atoms with Gasteiger partial charge in [0.25, 0.3) is 0 Å². The fourth-order valence-corrected chi connectivity index (χ4v) is 3.08. The molecular weight excluding hydrogens is 421 g/mol. The number of nitrogens with one attached hydrogen (secondary N) is 1. The van der Waals surface area contributed by atoms with E-state index in [1.54, 1.807) is 28.8 Å². The quantitative estimate of drug-likeness (QED) is 0.483. The Labute approximate surface area is 173 Å². The number of imidazole rings is 1. The minimum absolute atomic E-state index is 0.0467. The highest BCUT2D eigenvalue weighted by Gasteiger charge is 2.31. The van der Waals surface area contributed by atoms with Crippen LogP contribution >= 0.6 is 11.6 Å². The number of hydrogen-bond donors (Lipinski definition) is 1. The lowest BCUT2D eigenvalue weighted by Gasteiger charge is -2.09. The summed E-state index contributed by atoms with van der Waals surface area (Å²) in [6.45, 7) is 0.184. The molecule has 10 heteroatoms. The Hall–Kier alpha value is -3.33.